The Hall–Kier alpha value is -3.07. The number of amides is 3. The number of halogens is 1. The van der Waals surface area contributed by atoms with E-state index in [0.717, 1.165) is 15.6 Å². The van der Waals surface area contributed by atoms with Crippen LogP contribution in [0.2, 0.25) is 0 Å². The van der Waals surface area contributed by atoms with Gasteiger partial charge in [0.15, 0.2) is 0 Å². The van der Waals surface area contributed by atoms with E-state index in [9.17, 15) is 14.4 Å². The third-order valence-corrected chi connectivity index (χ3v) is 5.42. The van der Waals surface area contributed by atoms with E-state index < -0.39 is 23.8 Å². The predicted octanol–water partition coefficient (Wildman–Crippen LogP) is 5.23. The molecular weight excluding hydrogens is 514 g/mol. The molecule has 0 spiro atoms. The topological polar surface area (TPSA) is 106 Å². The first kappa shape index (κ1) is 28.2. The average Bonchev–Trinajstić information content (AvgIpc) is 2.79. The van der Waals surface area contributed by atoms with Gasteiger partial charge in [-0.15, -0.1) is 0 Å². The van der Waals surface area contributed by atoms with Crippen molar-refractivity contribution in [2.24, 2.45) is 0 Å². The third-order valence-electron chi connectivity index (χ3n) is 4.89. The number of alkyl carbamates (subject to hydrolysis) is 2. The van der Waals surface area contributed by atoms with E-state index in [1.807, 2.05) is 61.5 Å². The van der Waals surface area contributed by atoms with Gasteiger partial charge in [0.2, 0.25) is 5.91 Å². The molecule has 2 rings (SSSR count). The molecule has 35 heavy (non-hydrogen) atoms. The molecule has 0 aromatic heterocycles. The minimum Gasteiger partial charge on any atom is -0.445 e. The van der Waals surface area contributed by atoms with E-state index in [4.69, 9.17) is 9.47 Å². The molecule has 190 valence electrons. The van der Waals surface area contributed by atoms with Gasteiger partial charge in [-0.3, -0.25) is 4.79 Å². The number of hydrogen-bond donors (Lipinski definition) is 3. The largest absolute Gasteiger partial charge is 0.445 e. The minimum absolute atomic E-state index is 0.172. The number of hydrogen-bond acceptors (Lipinski definition) is 5. The zero-order chi connectivity index (χ0) is 25.8. The molecule has 2 aromatic carbocycles. The van der Waals surface area contributed by atoms with Gasteiger partial charge in [-0.25, -0.2) is 9.59 Å². The van der Waals surface area contributed by atoms with Crippen molar-refractivity contribution in [1.82, 2.24) is 16.0 Å². The fourth-order valence-corrected chi connectivity index (χ4v) is 3.40. The Labute approximate surface area is 215 Å². The van der Waals surface area contributed by atoms with Crippen molar-refractivity contribution in [3.8, 4) is 0 Å². The normalized spacial score (nSPS) is 12.7. The lowest BCUT2D eigenvalue weighted by atomic mass is 10.1. The van der Waals surface area contributed by atoms with Gasteiger partial charge in [-0.05, 0) is 63.8 Å². The highest BCUT2D eigenvalue weighted by Gasteiger charge is 2.25. The Morgan fingerprint density at radius 1 is 0.943 bits per heavy atom. The molecule has 8 nitrogen and oxygen atoms in total. The molecule has 2 aromatic rings. The van der Waals surface area contributed by atoms with Crippen LogP contribution in [0.25, 0.3) is 0 Å². The Bertz CT molecular complexity index is 961. The van der Waals surface area contributed by atoms with Gasteiger partial charge in [-0.2, -0.15) is 0 Å². The van der Waals surface area contributed by atoms with Crippen molar-refractivity contribution in [3.05, 3.63) is 70.2 Å². The maximum Gasteiger partial charge on any atom is 0.408 e. The summed E-state index contributed by atoms with van der Waals surface area (Å²) >= 11 is 3.40. The average molecular weight is 548 g/mol. The lowest BCUT2D eigenvalue weighted by Gasteiger charge is -2.24. The zero-order valence-electron chi connectivity index (χ0n) is 20.6. The van der Waals surface area contributed by atoms with Crippen LogP contribution in [0.1, 0.15) is 57.7 Å². The van der Waals surface area contributed by atoms with E-state index in [1.54, 1.807) is 20.8 Å². The fraction of sp³-hybridized carbons (Fsp3) is 0.423. The molecule has 3 amide bonds. The Morgan fingerprint density at radius 2 is 1.60 bits per heavy atom. The highest BCUT2D eigenvalue weighted by molar-refractivity contribution is 9.10. The maximum absolute atomic E-state index is 13.0. The SMILES string of the molecule is C[C@@H](NC(=O)[C@@H](CCCNC(=O)OCc1ccccc1)NC(=O)OC(C)(C)C)c1ccc(Br)cc1. The predicted molar refractivity (Wildman–Crippen MR) is 138 cm³/mol. The molecule has 0 saturated carbocycles. The van der Waals surface area contributed by atoms with Gasteiger partial charge in [0.25, 0.3) is 0 Å². The molecule has 0 fully saturated rings. The summed E-state index contributed by atoms with van der Waals surface area (Å²) in [5.74, 6) is -0.335. The van der Waals surface area contributed by atoms with E-state index in [1.165, 1.54) is 0 Å². The first-order valence-corrected chi connectivity index (χ1v) is 12.3. The van der Waals surface area contributed by atoms with Crippen LogP contribution < -0.4 is 16.0 Å². The Morgan fingerprint density at radius 3 is 2.23 bits per heavy atom. The van der Waals surface area contributed by atoms with E-state index in [-0.39, 0.29) is 25.1 Å². The maximum atomic E-state index is 13.0. The van der Waals surface area contributed by atoms with Crippen LogP contribution in [0.5, 0.6) is 0 Å². The highest BCUT2D eigenvalue weighted by Crippen LogP contribution is 2.17. The van der Waals surface area contributed by atoms with E-state index in [0.29, 0.717) is 12.8 Å². The second-order valence-corrected chi connectivity index (χ2v) is 10.0. The fourth-order valence-electron chi connectivity index (χ4n) is 3.14. The summed E-state index contributed by atoms with van der Waals surface area (Å²) in [7, 11) is 0. The molecule has 0 aliphatic carbocycles. The lowest BCUT2D eigenvalue weighted by Crippen LogP contribution is -2.49. The van der Waals surface area contributed by atoms with Gasteiger partial charge < -0.3 is 25.4 Å². The number of carbonyl (C=O) groups is 3. The number of ether oxygens (including phenoxy) is 2. The molecule has 0 aliphatic rings. The van der Waals surface area contributed by atoms with Gasteiger partial charge in [0, 0.05) is 11.0 Å². The van der Waals surface area contributed by atoms with Gasteiger partial charge in [0.1, 0.15) is 18.2 Å². The van der Waals surface area contributed by atoms with Crippen LogP contribution >= 0.6 is 15.9 Å². The lowest BCUT2D eigenvalue weighted by molar-refractivity contribution is -0.124. The van der Waals surface area contributed by atoms with E-state index >= 15 is 0 Å². The van der Waals surface area contributed by atoms with Gasteiger partial charge >= 0.3 is 12.2 Å². The summed E-state index contributed by atoms with van der Waals surface area (Å²) < 4.78 is 11.4. The second kappa shape index (κ2) is 13.7. The zero-order valence-corrected chi connectivity index (χ0v) is 22.2. The minimum atomic E-state index is -0.829. The molecule has 3 N–H and O–H groups in total. The Balaban J connectivity index is 1.88. The molecule has 0 unspecified atom stereocenters. The van der Waals surface area contributed by atoms with Crippen LogP contribution in [0.15, 0.2) is 59.1 Å². The third kappa shape index (κ3) is 11.3. The molecule has 2 atom stereocenters. The summed E-state index contributed by atoms with van der Waals surface area (Å²) in [5, 5.41) is 8.25. The van der Waals surface area contributed by atoms with Crippen molar-refractivity contribution < 1.29 is 23.9 Å². The van der Waals surface area contributed by atoms with Crippen LogP contribution in [0, 0.1) is 0 Å². The highest BCUT2D eigenvalue weighted by atomic mass is 79.9. The summed E-state index contributed by atoms with van der Waals surface area (Å²) in [6.07, 6.45) is -0.471. The summed E-state index contributed by atoms with van der Waals surface area (Å²) in [5.41, 5.74) is 1.13. The van der Waals surface area contributed by atoms with Crippen LogP contribution in [0.4, 0.5) is 9.59 Å². The number of rotatable bonds is 10. The van der Waals surface area contributed by atoms with Crippen LogP contribution in [-0.4, -0.2) is 36.3 Å². The van der Waals surface area contributed by atoms with Crippen LogP contribution in [0.3, 0.4) is 0 Å². The molecule has 0 radical (unpaired) electrons. The summed E-state index contributed by atoms with van der Waals surface area (Å²) in [6, 6.07) is 15.9. The standard InChI is InChI=1S/C26H34BrN3O5/c1-18(20-12-14-21(27)15-13-20)29-23(31)22(30-25(33)35-26(2,3)4)11-8-16-28-24(32)34-17-19-9-6-5-7-10-19/h5-7,9-10,12-15,18,22H,8,11,16-17H2,1-4H3,(H,28,32)(H,29,31)(H,30,33)/t18-,22-/m1/s1. The van der Waals surface area contributed by atoms with Gasteiger partial charge in [0.05, 0.1) is 6.04 Å². The van der Waals surface area contributed by atoms with Crippen molar-refractivity contribution in [2.45, 2.75) is 64.8 Å². The number of nitrogens with one attached hydrogen (secondary N) is 3. The van der Waals surface area contributed by atoms with E-state index in [2.05, 4.69) is 31.9 Å². The number of benzene rings is 2. The molecule has 0 bridgehead atoms. The molecule has 0 aliphatic heterocycles. The first-order valence-electron chi connectivity index (χ1n) is 11.5. The quantitative estimate of drug-likeness (QED) is 0.353. The second-order valence-electron chi connectivity index (χ2n) is 9.11. The molecule has 0 saturated heterocycles. The van der Waals surface area contributed by atoms with Crippen LogP contribution in [-0.2, 0) is 20.9 Å². The molecule has 9 heteroatoms. The van der Waals surface area contributed by atoms with Crippen molar-refractivity contribution in [2.75, 3.05) is 6.54 Å². The Kier molecular flexibility index (Phi) is 11.0. The number of carbonyl (C=O) groups excluding carboxylic acids is 3. The van der Waals surface area contributed by atoms with Crippen molar-refractivity contribution >= 4 is 34.0 Å². The smallest absolute Gasteiger partial charge is 0.408 e. The van der Waals surface area contributed by atoms with Crippen molar-refractivity contribution in [1.29, 1.82) is 0 Å². The monoisotopic (exact) mass is 547 g/mol. The summed E-state index contributed by atoms with van der Waals surface area (Å²) in [6.45, 7) is 7.59. The van der Waals surface area contributed by atoms with Gasteiger partial charge in [-0.1, -0.05) is 58.4 Å². The van der Waals surface area contributed by atoms with Crippen molar-refractivity contribution in [3.63, 3.8) is 0 Å². The summed E-state index contributed by atoms with van der Waals surface area (Å²) in [4.78, 5) is 37.2. The molecule has 0 heterocycles. The molecular formula is C26H34BrN3O5. The first-order chi connectivity index (χ1) is 16.5.